The van der Waals surface area contributed by atoms with E-state index >= 15 is 0 Å². The lowest BCUT2D eigenvalue weighted by Gasteiger charge is -2.29. The van der Waals surface area contributed by atoms with Gasteiger partial charge in [-0.2, -0.15) is 0 Å². The molecule has 1 saturated carbocycles. The van der Waals surface area contributed by atoms with Gasteiger partial charge in [0.15, 0.2) is 0 Å². The average molecular weight is 520 g/mol. The van der Waals surface area contributed by atoms with Crippen LogP contribution in [-0.4, -0.2) is 38.8 Å². The number of anilines is 2. The molecule has 0 unspecified atom stereocenters. The number of amides is 3. The van der Waals surface area contributed by atoms with E-state index in [4.69, 9.17) is 0 Å². The quantitative estimate of drug-likeness (QED) is 0.447. The fourth-order valence-electron chi connectivity index (χ4n) is 4.12. The van der Waals surface area contributed by atoms with E-state index in [0.29, 0.717) is 24.2 Å². The molecule has 0 bridgehead atoms. The lowest BCUT2D eigenvalue weighted by atomic mass is 9.81. The highest BCUT2D eigenvalue weighted by atomic mass is 79.9. The molecule has 1 aliphatic carbocycles. The van der Waals surface area contributed by atoms with Crippen LogP contribution in [0.3, 0.4) is 0 Å². The van der Waals surface area contributed by atoms with Gasteiger partial charge in [-0.05, 0) is 37.1 Å². The fraction of sp³-hybridized carbons (Fsp3) is 0.318. The van der Waals surface area contributed by atoms with Crippen LogP contribution in [0.1, 0.15) is 12.8 Å². The highest BCUT2D eigenvalue weighted by Gasteiger charge is 2.52. The van der Waals surface area contributed by atoms with Crippen LogP contribution in [0, 0.1) is 11.8 Å². The van der Waals surface area contributed by atoms with Gasteiger partial charge in [-0.25, -0.2) is 0 Å². The maximum Gasteiger partial charge on any atom is 0.251 e. The van der Waals surface area contributed by atoms with Crippen molar-refractivity contribution in [1.82, 2.24) is 4.90 Å². The van der Waals surface area contributed by atoms with E-state index in [1.165, 1.54) is 0 Å². The minimum absolute atomic E-state index is 0.140. The number of alkyl halides is 2. The largest absolute Gasteiger partial charge is 0.280 e. The van der Waals surface area contributed by atoms with Gasteiger partial charge in [0, 0.05) is 21.0 Å². The molecule has 5 nitrogen and oxygen atoms in total. The number of hydrogen-bond acceptors (Lipinski definition) is 3. The SMILES string of the molecule is O=C1[C@@H]2C[C@H](Br)[C@@H](Br)C[C@H]2C(=O)N1CC(=O)N(c1ccccc1)c1ccccc1. The normalized spacial score (nSPS) is 26.3. The summed E-state index contributed by atoms with van der Waals surface area (Å²) in [4.78, 5) is 42.1. The summed E-state index contributed by atoms with van der Waals surface area (Å²) in [7, 11) is 0. The first-order valence-corrected chi connectivity index (χ1v) is 11.4. The van der Waals surface area contributed by atoms with Crippen LogP contribution in [-0.2, 0) is 14.4 Å². The van der Waals surface area contributed by atoms with Gasteiger partial charge < -0.3 is 0 Å². The van der Waals surface area contributed by atoms with E-state index < -0.39 is 0 Å². The van der Waals surface area contributed by atoms with Crippen LogP contribution in [0.15, 0.2) is 60.7 Å². The van der Waals surface area contributed by atoms with Crippen LogP contribution < -0.4 is 4.90 Å². The molecular weight excluding hydrogens is 500 g/mol. The van der Waals surface area contributed by atoms with Crippen molar-refractivity contribution in [2.75, 3.05) is 11.4 Å². The summed E-state index contributed by atoms with van der Waals surface area (Å²) < 4.78 is 0. The van der Waals surface area contributed by atoms with Crippen LogP contribution in [0.2, 0.25) is 0 Å². The summed E-state index contributed by atoms with van der Waals surface area (Å²) in [6, 6.07) is 18.5. The summed E-state index contributed by atoms with van der Waals surface area (Å²) in [6.07, 6.45) is 1.19. The topological polar surface area (TPSA) is 57.7 Å². The molecule has 2 aromatic rings. The molecule has 3 amide bonds. The molecule has 1 aliphatic heterocycles. The highest BCUT2D eigenvalue weighted by molar-refractivity contribution is 9.12. The van der Waals surface area contributed by atoms with Gasteiger partial charge in [0.05, 0.1) is 11.8 Å². The Morgan fingerprint density at radius 1 is 0.828 bits per heavy atom. The van der Waals surface area contributed by atoms with Gasteiger partial charge >= 0.3 is 0 Å². The third kappa shape index (κ3) is 3.90. The number of imide groups is 1. The summed E-state index contributed by atoms with van der Waals surface area (Å²) in [5.41, 5.74) is 1.39. The Kier molecular flexibility index (Phi) is 5.88. The van der Waals surface area contributed by atoms with Crippen molar-refractivity contribution in [1.29, 1.82) is 0 Å². The highest BCUT2D eigenvalue weighted by Crippen LogP contribution is 2.43. The standard InChI is InChI=1S/C22H20Br2N2O3/c23-18-11-16-17(12-19(18)24)22(29)25(21(16)28)13-20(27)26(14-7-3-1-4-8-14)15-9-5-2-6-10-15/h1-10,16-19H,11-13H2/t16-,17-,18+,19+/m1/s1. The summed E-state index contributed by atoms with van der Waals surface area (Å²) >= 11 is 7.18. The Morgan fingerprint density at radius 2 is 1.24 bits per heavy atom. The third-order valence-electron chi connectivity index (χ3n) is 5.57. The third-order valence-corrected chi connectivity index (χ3v) is 8.31. The number of likely N-dealkylation sites (tertiary alicyclic amines) is 1. The molecule has 0 radical (unpaired) electrons. The molecule has 4 atom stereocenters. The van der Waals surface area contributed by atoms with E-state index in [1.54, 1.807) is 4.90 Å². The first-order valence-electron chi connectivity index (χ1n) is 9.54. The molecule has 0 N–H and O–H groups in total. The van der Waals surface area contributed by atoms with Crippen molar-refractivity contribution in [2.45, 2.75) is 22.5 Å². The number of rotatable bonds is 4. The summed E-state index contributed by atoms with van der Waals surface area (Å²) in [5.74, 6) is -1.49. The second kappa shape index (κ2) is 8.40. The number of benzene rings is 2. The van der Waals surface area contributed by atoms with Crippen molar-refractivity contribution in [3.63, 3.8) is 0 Å². The molecule has 1 saturated heterocycles. The Morgan fingerprint density at radius 3 is 1.66 bits per heavy atom. The second-order valence-electron chi connectivity index (χ2n) is 7.38. The number of hydrogen-bond donors (Lipinski definition) is 0. The molecule has 0 aromatic heterocycles. The Labute approximate surface area is 186 Å². The molecule has 7 heteroatoms. The lowest BCUT2D eigenvalue weighted by Crippen LogP contribution is -2.41. The number of carbonyl (C=O) groups is 3. The van der Waals surface area contributed by atoms with Crippen molar-refractivity contribution < 1.29 is 14.4 Å². The van der Waals surface area contributed by atoms with E-state index in [-0.39, 0.29) is 45.8 Å². The van der Waals surface area contributed by atoms with Gasteiger partial charge in [-0.3, -0.25) is 24.2 Å². The first-order chi connectivity index (χ1) is 14.0. The van der Waals surface area contributed by atoms with E-state index in [9.17, 15) is 14.4 Å². The van der Waals surface area contributed by atoms with Crippen LogP contribution in [0.5, 0.6) is 0 Å². The van der Waals surface area contributed by atoms with E-state index in [2.05, 4.69) is 31.9 Å². The number of fused-ring (bicyclic) bond motifs is 1. The zero-order valence-corrected chi connectivity index (χ0v) is 18.8. The Hall–Kier alpha value is -1.99. The Bertz CT molecular complexity index is 855. The molecule has 4 rings (SSSR count). The molecule has 2 aromatic carbocycles. The maximum absolute atomic E-state index is 13.3. The second-order valence-corrected chi connectivity index (χ2v) is 9.73. The monoisotopic (exact) mass is 518 g/mol. The lowest BCUT2D eigenvalue weighted by molar-refractivity contribution is -0.143. The molecule has 150 valence electrons. The van der Waals surface area contributed by atoms with E-state index in [1.807, 2.05) is 60.7 Å². The number of nitrogens with zero attached hydrogens (tertiary/aromatic N) is 2. The number of halogens is 2. The zero-order chi connectivity index (χ0) is 20.5. The number of carbonyl (C=O) groups excluding carboxylic acids is 3. The predicted octanol–water partition coefficient (Wildman–Crippen LogP) is 4.27. The van der Waals surface area contributed by atoms with Gasteiger partial charge in [0.25, 0.3) is 5.91 Å². The van der Waals surface area contributed by atoms with Crippen LogP contribution in [0.4, 0.5) is 11.4 Å². The Balaban J connectivity index is 1.60. The number of para-hydroxylation sites is 2. The summed E-state index contributed by atoms with van der Waals surface area (Å²) in [5, 5.41) is 0. The molecule has 29 heavy (non-hydrogen) atoms. The van der Waals surface area contributed by atoms with Gasteiger partial charge in [0.1, 0.15) is 6.54 Å². The maximum atomic E-state index is 13.3. The van der Waals surface area contributed by atoms with E-state index in [0.717, 1.165) is 4.90 Å². The van der Waals surface area contributed by atoms with Gasteiger partial charge in [-0.15, -0.1) is 0 Å². The molecule has 2 fully saturated rings. The van der Waals surface area contributed by atoms with Gasteiger partial charge in [-0.1, -0.05) is 68.3 Å². The van der Waals surface area contributed by atoms with Crippen molar-refractivity contribution in [3.8, 4) is 0 Å². The summed E-state index contributed by atoms with van der Waals surface area (Å²) in [6.45, 7) is -0.256. The first kappa shape index (κ1) is 20.3. The molecular formula is C22H20Br2N2O3. The predicted molar refractivity (Wildman–Crippen MR) is 118 cm³/mol. The van der Waals surface area contributed by atoms with Crippen LogP contribution in [0.25, 0.3) is 0 Å². The van der Waals surface area contributed by atoms with Gasteiger partial charge in [0.2, 0.25) is 11.8 Å². The minimum Gasteiger partial charge on any atom is -0.280 e. The smallest absolute Gasteiger partial charge is 0.251 e. The minimum atomic E-state index is -0.352. The van der Waals surface area contributed by atoms with Crippen molar-refractivity contribution >= 4 is 61.0 Å². The van der Waals surface area contributed by atoms with Crippen molar-refractivity contribution in [2.24, 2.45) is 11.8 Å². The average Bonchev–Trinajstić information content (AvgIpc) is 2.95. The molecule has 1 heterocycles. The fourth-order valence-corrected chi connectivity index (χ4v) is 5.35. The zero-order valence-electron chi connectivity index (χ0n) is 15.6. The van der Waals surface area contributed by atoms with Crippen molar-refractivity contribution in [3.05, 3.63) is 60.7 Å². The van der Waals surface area contributed by atoms with Crippen LogP contribution >= 0.6 is 31.9 Å². The molecule has 2 aliphatic rings. The molecule has 0 spiro atoms.